The van der Waals surface area contributed by atoms with Gasteiger partial charge in [-0.15, -0.1) is 0 Å². The first kappa shape index (κ1) is 13.0. The molecule has 2 heteroatoms. The molecule has 2 nitrogen and oxygen atoms in total. The molecule has 0 saturated heterocycles. The number of hydrogen-bond acceptors (Lipinski definition) is 2. The number of para-hydroxylation sites is 1. The Bertz CT molecular complexity index is 271. The lowest BCUT2D eigenvalue weighted by Gasteiger charge is -2.23. The molecule has 1 rings (SSSR count). The van der Waals surface area contributed by atoms with Gasteiger partial charge in [-0.3, -0.25) is 0 Å². The minimum absolute atomic E-state index is 0.648. The molecule has 1 unspecified atom stereocenters. The number of nitrogens with zero attached hydrogens (tertiary/aromatic N) is 1. The van der Waals surface area contributed by atoms with E-state index in [0.29, 0.717) is 5.92 Å². The summed E-state index contributed by atoms with van der Waals surface area (Å²) >= 11 is 0. The molecule has 1 aromatic rings. The van der Waals surface area contributed by atoms with Crippen LogP contribution in [0.3, 0.4) is 0 Å². The maximum atomic E-state index is 5.62. The van der Waals surface area contributed by atoms with Crippen molar-refractivity contribution in [1.29, 1.82) is 0 Å². The summed E-state index contributed by atoms with van der Waals surface area (Å²) in [6.07, 6.45) is 2.45. The number of hydrogen-bond donors (Lipinski definition) is 1. The first-order valence-corrected chi connectivity index (χ1v) is 6.28. The fraction of sp³-hybridized carbons (Fsp3) is 0.571. The van der Waals surface area contributed by atoms with Gasteiger partial charge in [0.05, 0.1) is 0 Å². The maximum absolute atomic E-state index is 5.62. The molecule has 0 bridgehead atoms. The van der Waals surface area contributed by atoms with Crippen molar-refractivity contribution in [2.45, 2.75) is 26.7 Å². The topological polar surface area (TPSA) is 29.3 Å². The molecule has 0 fully saturated rings. The van der Waals surface area contributed by atoms with Gasteiger partial charge >= 0.3 is 0 Å². The summed E-state index contributed by atoms with van der Waals surface area (Å²) in [6, 6.07) is 10.6. The number of rotatable bonds is 7. The van der Waals surface area contributed by atoms with Crippen LogP contribution in [0.1, 0.15) is 26.7 Å². The third-order valence-corrected chi connectivity index (χ3v) is 3.03. The van der Waals surface area contributed by atoms with E-state index in [0.717, 1.165) is 19.6 Å². The third-order valence-electron chi connectivity index (χ3n) is 3.03. The smallest absolute Gasteiger partial charge is 0.0366 e. The Morgan fingerprint density at radius 2 is 1.94 bits per heavy atom. The third kappa shape index (κ3) is 4.23. The predicted molar refractivity (Wildman–Crippen MR) is 71.8 cm³/mol. The van der Waals surface area contributed by atoms with Crippen molar-refractivity contribution < 1.29 is 0 Å². The summed E-state index contributed by atoms with van der Waals surface area (Å²) in [6.45, 7) is 7.43. The average molecular weight is 220 g/mol. The lowest BCUT2D eigenvalue weighted by atomic mass is 10.1. The lowest BCUT2D eigenvalue weighted by molar-refractivity contribution is 0.518. The van der Waals surface area contributed by atoms with Crippen molar-refractivity contribution in [2.24, 2.45) is 11.7 Å². The number of nitrogens with two attached hydrogens (primary N) is 1. The highest BCUT2D eigenvalue weighted by atomic mass is 15.1. The van der Waals surface area contributed by atoms with Crippen molar-refractivity contribution in [2.75, 3.05) is 24.5 Å². The Labute approximate surface area is 99.5 Å². The first-order chi connectivity index (χ1) is 7.77. The standard InChI is InChI=1S/C14H24N2/c1-3-16(11-7-8-13(2)12-15)14-9-5-4-6-10-14/h4-6,9-10,13H,3,7-8,11-12,15H2,1-2H3. The predicted octanol–water partition coefficient (Wildman–Crippen LogP) is 2.89. The van der Waals surface area contributed by atoms with Crippen LogP contribution in [0.15, 0.2) is 30.3 Å². The van der Waals surface area contributed by atoms with E-state index in [1.165, 1.54) is 18.5 Å². The minimum atomic E-state index is 0.648. The van der Waals surface area contributed by atoms with Crippen LogP contribution in [-0.4, -0.2) is 19.6 Å². The van der Waals surface area contributed by atoms with E-state index in [1.54, 1.807) is 0 Å². The van der Waals surface area contributed by atoms with Crippen molar-refractivity contribution in [3.8, 4) is 0 Å². The quantitative estimate of drug-likeness (QED) is 0.765. The summed E-state index contributed by atoms with van der Waals surface area (Å²) in [5, 5.41) is 0. The molecule has 0 heterocycles. The maximum Gasteiger partial charge on any atom is 0.0366 e. The van der Waals surface area contributed by atoms with E-state index < -0.39 is 0 Å². The molecule has 90 valence electrons. The highest BCUT2D eigenvalue weighted by Crippen LogP contribution is 2.14. The van der Waals surface area contributed by atoms with Crippen LogP contribution in [0.25, 0.3) is 0 Å². The van der Waals surface area contributed by atoms with Gasteiger partial charge in [-0.05, 0) is 44.4 Å². The normalized spacial score (nSPS) is 12.4. The molecule has 0 saturated carbocycles. The zero-order chi connectivity index (χ0) is 11.8. The zero-order valence-electron chi connectivity index (χ0n) is 10.5. The molecule has 0 aliphatic rings. The molecule has 0 aliphatic carbocycles. The van der Waals surface area contributed by atoms with Crippen molar-refractivity contribution in [1.82, 2.24) is 0 Å². The van der Waals surface area contributed by atoms with Gasteiger partial charge in [-0.25, -0.2) is 0 Å². The van der Waals surface area contributed by atoms with E-state index in [1.807, 2.05) is 0 Å². The molecule has 0 aromatic heterocycles. The van der Waals surface area contributed by atoms with E-state index >= 15 is 0 Å². The molecule has 16 heavy (non-hydrogen) atoms. The van der Waals surface area contributed by atoms with Crippen LogP contribution in [0.2, 0.25) is 0 Å². The van der Waals surface area contributed by atoms with Gasteiger partial charge < -0.3 is 10.6 Å². The molecular formula is C14H24N2. The molecule has 1 atom stereocenters. The van der Waals surface area contributed by atoms with Gasteiger partial charge in [-0.2, -0.15) is 0 Å². The van der Waals surface area contributed by atoms with Gasteiger partial charge in [0.2, 0.25) is 0 Å². The van der Waals surface area contributed by atoms with E-state index in [9.17, 15) is 0 Å². The van der Waals surface area contributed by atoms with Crippen molar-refractivity contribution >= 4 is 5.69 Å². The molecule has 0 amide bonds. The van der Waals surface area contributed by atoms with Gasteiger partial charge in [-0.1, -0.05) is 25.1 Å². The molecular weight excluding hydrogens is 196 g/mol. The van der Waals surface area contributed by atoms with Crippen molar-refractivity contribution in [3.63, 3.8) is 0 Å². The molecule has 2 N–H and O–H groups in total. The minimum Gasteiger partial charge on any atom is -0.372 e. The Morgan fingerprint density at radius 1 is 1.25 bits per heavy atom. The molecule has 0 radical (unpaired) electrons. The average Bonchev–Trinajstić information content (AvgIpc) is 2.35. The molecule has 0 aliphatic heterocycles. The van der Waals surface area contributed by atoms with Crippen LogP contribution in [0.5, 0.6) is 0 Å². The largest absolute Gasteiger partial charge is 0.372 e. The highest BCUT2D eigenvalue weighted by molar-refractivity contribution is 5.45. The monoisotopic (exact) mass is 220 g/mol. The molecule has 0 spiro atoms. The summed E-state index contributed by atoms with van der Waals surface area (Å²) < 4.78 is 0. The summed E-state index contributed by atoms with van der Waals surface area (Å²) in [5.41, 5.74) is 6.94. The second-order valence-electron chi connectivity index (χ2n) is 4.40. The Hall–Kier alpha value is -1.02. The summed E-state index contributed by atoms with van der Waals surface area (Å²) in [5.74, 6) is 0.648. The second kappa shape index (κ2) is 7.29. The van der Waals surface area contributed by atoms with Crippen molar-refractivity contribution in [3.05, 3.63) is 30.3 Å². The van der Waals surface area contributed by atoms with Crippen LogP contribution in [0, 0.1) is 5.92 Å². The first-order valence-electron chi connectivity index (χ1n) is 6.28. The fourth-order valence-electron chi connectivity index (χ4n) is 1.86. The van der Waals surface area contributed by atoms with Crippen LogP contribution < -0.4 is 10.6 Å². The fourth-order valence-corrected chi connectivity index (χ4v) is 1.86. The van der Waals surface area contributed by atoms with E-state index in [4.69, 9.17) is 5.73 Å². The lowest BCUT2D eigenvalue weighted by Crippen LogP contribution is -2.24. The Morgan fingerprint density at radius 3 is 2.50 bits per heavy atom. The van der Waals surface area contributed by atoms with E-state index in [2.05, 4.69) is 49.1 Å². The highest BCUT2D eigenvalue weighted by Gasteiger charge is 2.04. The van der Waals surface area contributed by atoms with Crippen LogP contribution >= 0.6 is 0 Å². The summed E-state index contributed by atoms with van der Waals surface area (Å²) in [7, 11) is 0. The van der Waals surface area contributed by atoms with Crippen LogP contribution in [0.4, 0.5) is 5.69 Å². The Kier molecular flexibility index (Phi) is 5.94. The van der Waals surface area contributed by atoms with Crippen LogP contribution in [-0.2, 0) is 0 Å². The number of anilines is 1. The van der Waals surface area contributed by atoms with Gasteiger partial charge in [0.25, 0.3) is 0 Å². The second-order valence-corrected chi connectivity index (χ2v) is 4.40. The van der Waals surface area contributed by atoms with E-state index in [-0.39, 0.29) is 0 Å². The Balaban J connectivity index is 2.38. The van der Waals surface area contributed by atoms with Gasteiger partial charge in [0.1, 0.15) is 0 Å². The van der Waals surface area contributed by atoms with Gasteiger partial charge in [0, 0.05) is 18.8 Å². The molecule has 1 aromatic carbocycles. The SMILES string of the molecule is CCN(CCCC(C)CN)c1ccccc1. The zero-order valence-corrected chi connectivity index (χ0v) is 10.5. The summed E-state index contributed by atoms with van der Waals surface area (Å²) in [4.78, 5) is 2.42. The van der Waals surface area contributed by atoms with Gasteiger partial charge in [0.15, 0.2) is 0 Å². The number of benzene rings is 1.